The maximum atomic E-state index is 10.4. The molecule has 4 aliphatic carbocycles. The van der Waals surface area contributed by atoms with Gasteiger partial charge in [-0.1, -0.05) is 0 Å². The van der Waals surface area contributed by atoms with Crippen molar-refractivity contribution in [2.75, 3.05) is 0 Å². The van der Waals surface area contributed by atoms with Crippen LogP contribution in [0.2, 0.25) is 0 Å². The number of phenolic OH excluding ortho intramolecular Hbond substituents is 3. The van der Waals surface area contributed by atoms with Gasteiger partial charge < -0.3 is 15.3 Å². The minimum atomic E-state index is -0.103. The third-order valence-corrected chi connectivity index (χ3v) is 6.01. The molecule has 0 saturated heterocycles. The summed E-state index contributed by atoms with van der Waals surface area (Å²) in [5.74, 6) is 2.24. The molecule has 0 atom stereocenters. The van der Waals surface area contributed by atoms with Gasteiger partial charge in [0.15, 0.2) is 11.5 Å². The predicted molar refractivity (Wildman–Crippen MR) is 76.0 cm³/mol. The summed E-state index contributed by atoms with van der Waals surface area (Å²) >= 11 is 0. The van der Waals surface area contributed by atoms with E-state index in [9.17, 15) is 15.3 Å². The molecule has 1 aromatic rings. The fraction of sp³-hybridized carbons (Fsp3) is 0.647. The Morgan fingerprint density at radius 2 is 1.40 bits per heavy atom. The zero-order valence-electron chi connectivity index (χ0n) is 11.9. The highest BCUT2D eigenvalue weighted by atomic mass is 16.3. The summed E-state index contributed by atoms with van der Waals surface area (Å²) in [6, 6.07) is 1.60. The molecule has 3 N–H and O–H groups in total. The van der Waals surface area contributed by atoms with Crippen molar-refractivity contribution in [3.8, 4) is 17.2 Å². The first-order valence-electron chi connectivity index (χ1n) is 7.73. The maximum absolute atomic E-state index is 10.4. The number of aryl methyl sites for hydroxylation is 1. The van der Waals surface area contributed by atoms with Crippen LogP contribution in [-0.4, -0.2) is 15.3 Å². The van der Waals surface area contributed by atoms with Crippen molar-refractivity contribution in [2.45, 2.75) is 50.9 Å². The minimum absolute atomic E-state index is 0.0615. The summed E-state index contributed by atoms with van der Waals surface area (Å²) < 4.78 is 0. The van der Waals surface area contributed by atoms with Gasteiger partial charge in [-0.05, 0) is 74.8 Å². The number of hydrogen-bond donors (Lipinski definition) is 3. The zero-order valence-corrected chi connectivity index (χ0v) is 11.9. The molecule has 3 nitrogen and oxygen atoms in total. The predicted octanol–water partition coefficient (Wildman–Crippen LogP) is 3.58. The third kappa shape index (κ3) is 1.52. The highest BCUT2D eigenvalue weighted by molar-refractivity contribution is 5.59. The van der Waals surface area contributed by atoms with E-state index in [2.05, 4.69) is 0 Å². The lowest BCUT2D eigenvalue weighted by Gasteiger charge is -2.57. The third-order valence-electron chi connectivity index (χ3n) is 6.01. The SMILES string of the molecule is Cc1cc(O)c(C23CC4CC(CC(C4)C2)C3)c(O)c1O. The van der Waals surface area contributed by atoms with Gasteiger partial charge in [0.25, 0.3) is 0 Å². The van der Waals surface area contributed by atoms with Crippen molar-refractivity contribution in [3.05, 3.63) is 17.2 Å². The van der Waals surface area contributed by atoms with Crippen LogP contribution >= 0.6 is 0 Å². The van der Waals surface area contributed by atoms with E-state index in [-0.39, 0.29) is 22.7 Å². The molecule has 5 rings (SSSR count). The molecule has 0 aromatic heterocycles. The summed E-state index contributed by atoms with van der Waals surface area (Å²) in [5, 5.41) is 30.8. The lowest BCUT2D eigenvalue weighted by Crippen LogP contribution is -2.48. The second-order valence-corrected chi connectivity index (χ2v) is 7.48. The number of phenols is 3. The first-order chi connectivity index (χ1) is 9.48. The second-order valence-electron chi connectivity index (χ2n) is 7.48. The van der Waals surface area contributed by atoms with Crippen LogP contribution in [0.15, 0.2) is 6.07 Å². The molecule has 4 fully saturated rings. The maximum Gasteiger partial charge on any atom is 0.165 e. The topological polar surface area (TPSA) is 60.7 Å². The molecule has 108 valence electrons. The Morgan fingerprint density at radius 3 is 1.90 bits per heavy atom. The Labute approximate surface area is 119 Å². The van der Waals surface area contributed by atoms with Crippen molar-refractivity contribution in [1.29, 1.82) is 0 Å². The quantitative estimate of drug-likeness (QED) is 0.542. The van der Waals surface area contributed by atoms with Gasteiger partial charge >= 0.3 is 0 Å². The molecule has 4 aliphatic rings. The van der Waals surface area contributed by atoms with Crippen molar-refractivity contribution >= 4 is 0 Å². The molecule has 1 aromatic carbocycles. The number of benzene rings is 1. The molecule has 0 amide bonds. The summed E-state index contributed by atoms with van der Waals surface area (Å²) in [4.78, 5) is 0. The Kier molecular flexibility index (Phi) is 2.37. The number of hydrogen-bond acceptors (Lipinski definition) is 3. The molecule has 3 heteroatoms. The lowest BCUT2D eigenvalue weighted by atomic mass is 9.48. The summed E-state index contributed by atoms with van der Waals surface area (Å²) in [5.41, 5.74) is 1.06. The Hall–Kier alpha value is -1.38. The van der Waals surface area contributed by atoms with Crippen molar-refractivity contribution in [2.24, 2.45) is 17.8 Å². The van der Waals surface area contributed by atoms with E-state index in [1.54, 1.807) is 13.0 Å². The van der Waals surface area contributed by atoms with E-state index in [0.717, 1.165) is 37.0 Å². The van der Waals surface area contributed by atoms with E-state index < -0.39 is 0 Å². The van der Waals surface area contributed by atoms with Crippen molar-refractivity contribution in [1.82, 2.24) is 0 Å². The normalized spacial score (nSPS) is 38.4. The van der Waals surface area contributed by atoms with Crippen LogP contribution in [0.3, 0.4) is 0 Å². The molecule has 0 radical (unpaired) electrons. The van der Waals surface area contributed by atoms with Gasteiger partial charge in [-0.2, -0.15) is 0 Å². The van der Waals surface area contributed by atoms with Gasteiger partial charge in [0, 0.05) is 11.0 Å². The van der Waals surface area contributed by atoms with E-state index in [0.29, 0.717) is 11.1 Å². The molecule has 0 spiro atoms. The average Bonchev–Trinajstić information content (AvgIpc) is 2.34. The van der Waals surface area contributed by atoms with Crippen LogP contribution in [0.1, 0.15) is 49.7 Å². The van der Waals surface area contributed by atoms with Gasteiger partial charge in [-0.3, -0.25) is 0 Å². The van der Waals surface area contributed by atoms with E-state index in [1.165, 1.54) is 19.3 Å². The number of rotatable bonds is 1. The lowest BCUT2D eigenvalue weighted by molar-refractivity contribution is -0.00726. The second kappa shape index (κ2) is 3.84. The van der Waals surface area contributed by atoms with Gasteiger partial charge in [-0.15, -0.1) is 0 Å². The van der Waals surface area contributed by atoms with Gasteiger partial charge in [-0.25, -0.2) is 0 Å². The highest BCUT2D eigenvalue weighted by Gasteiger charge is 2.53. The number of aromatic hydroxyl groups is 3. The Balaban J connectivity index is 1.87. The molecule has 4 saturated carbocycles. The van der Waals surface area contributed by atoms with Crippen molar-refractivity contribution in [3.63, 3.8) is 0 Å². The van der Waals surface area contributed by atoms with Crippen LogP contribution in [0.4, 0.5) is 0 Å². The van der Waals surface area contributed by atoms with Crippen LogP contribution in [0.25, 0.3) is 0 Å². The molecule has 4 bridgehead atoms. The molecular weight excluding hydrogens is 252 g/mol. The molecule has 0 heterocycles. The molecule has 20 heavy (non-hydrogen) atoms. The van der Waals surface area contributed by atoms with Crippen LogP contribution in [0, 0.1) is 24.7 Å². The fourth-order valence-electron chi connectivity index (χ4n) is 5.71. The van der Waals surface area contributed by atoms with Crippen LogP contribution in [-0.2, 0) is 5.41 Å². The molecular formula is C17H22O3. The highest BCUT2D eigenvalue weighted by Crippen LogP contribution is 2.63. The first-order valence-corrected chi connectivity index (χ1v) is 7.73. The largest absolute Gasteiger partial charge is 0.507 e. The monoisotopic (exact) mass is 274 g/mol. The molecule has 0 unspecified atom stereocenters. The summed E-state index contributed by atoms with van der Waals surface area (Å²) in [7, 11) is 0. The van der Waals surface area contributed by atoms with Gasteiger partial charge in [0.05, 0.1) is 0 Å². The zero-order chi connectivity index (χ0) is 14.1. The standard InChI is InChI=1S/C17H22O3/c1-9-2-13(18)14(16(20)15(9)19)17-6-10-3-11(7-17)5-12(4-10)8-17/h2,10-12,18-20H,3-8H2,1H3. The van der Waals surface area contributed by atoms with E-state index in [4.69, 9.17) is 0 Å². The van der Waals surface area contributed by atoms with Crippen molar-refractivity contribution < 1.29 is 15.3 Å². The first kappa shape index (κ1) is 12.4. The molecule has 0 aliphatic heterocycles. The van der Waals surface area contributed by atoms with Crippen LogP contribution in [0.5, 0.6) is 17.2 Å². The van der Waals surface area contributed by atoms with Crippen LogP contribution < -0.4 is 0 Å². The summed E-state index contributed by atoms with van der Waals surface area (Å²) in [6.07, 6.45) is 7.13. The Bertz CT molecular complexity index is 541. The Morgan fingerprint density at radius 1 is 0.900 bits per heavy atom. The van der Waals surface area contributed by atoms with Gasteiger partial charge in [0.1, 0.15) is 5.75 Å². The van der Waals surface area contributed by atoms with E-state index in [1.807, 2.05) is 0 Å². The minimum Gasteiger partial charge on any atom is -0.507 e. The fourth-order valence-corrected chi connectivity index (χ4v) is 5.71. The van der Waals surface area contributed by atoms with Gasteiger partial charge in [0.2, 0.25) is 0 Å². The summed E-state index contributed by atoms with van der Waals surface area (Å²) in [6.45, 7) is 1.71. The average molecular weight is 274 g/mol. The van der Waals surface area contributed by atoms with E-state index >= 15 is 0 Å². The smallest absolute Gasteiger partial charge is 0.165 e.